The Morgan fingerprint density at radius 1 is 1.00 bits per heavy atom. The Hall–Kier alpha value is -0.240. The highest BCUT2D eigenvalue weighted by molar-refractivity contribution is 5.34. The molecule has 2 aliphatic heterocycles. The number of hydrogen-bond donors (Lipinski definition) is 5. The maximum absolute atomic E-state index is 11.3. The standard InChI is InChI=1S/C20H32O6/c1-9-12-13(22)15(24)16(2,3)20(12)11(21)7-18-8-17(4,25)10(14(18)23)5-6-19(9,18)26-20/h9-15,21-25H,5-8H2,1-4H3/t9-,10-,11-,12-,13-,14+,15+,17-,18-,19-,20-/m1/s1. The van der Waals surface area contributed by atoms with Crippen LogP contribution in [0, 0.1) is 28.6 Å². The molecule has 3 aliphatic carbocycles. The summed E-state index contributed by atoms with van der Waals surface area (Å²) in [6.45, 7) is 7.54. The second-order valence-electron chi connectivity index (χ2n) is 10.8. The van der Waals surface area contributed by atoms with Crippen LogP contribution in [-0.2, 0) is 4.74 Å². The van der Waals surface area contributed by atoms with Crippen LogP contribution in [0.25, 0.3) is 0 Å². The van der Waals surface area contributed by atoms with Crippen LogP contribution in [0.5, 0.6) is 0 Å². The van der Waals surface area contributed by atoms with Crippen LogP contribution in [0.4, 0.5) is 0 Å². The van der Waals surface area contributed by atoms with Crippen LogP contribution in [0.2, 0.25) is 0 Å². The quantitative estimate of drug-likeness (QED) is 0.417. The Balaban J connectivity index is 1.73. The van der Waals surface area contributed by atoms with E-state index in [2.05, 4.69) is 0 Å². The summed E-state index contributed by atoms with van der Waals surface area (Å²) < 4.78 is 6.82. The average molecular weight is 368 g/mol. The monoisotopic (exact) mass is 368 g/mol. The summed E-state index contributed by atoms with van der Waals surface area (Å²) in [5.41, 5.74) is -4.22. The Morgan fingerprint density at radius 3 is 2.31 bits per heavy atom. The fourth-order valence-electron chi connectivity index (χ4n) is 8.59. The largest absolute Gasteiger partial charge is 0.392 e. The van der Waals surface area contributed by atoms with Gasteiger partial charge in [-0.05, 0) is 38.5 Å². The second kappa shape index (κ2) is 4.50. The molecule has 5 rings (SSSR count). The van der Waals surface area contributed by atoms with Crippen molar-refractivity contribution < 1.29 is 30.3 Å². The van der Waals surface area contributed by atoms with Crippen LogP contribution in [-0.4, -0.2) is 66.8 Å². The molecule has 3 saturated carbocycles. The molecule has 0 radical (unpaired) electrons. The van der Waals surface area contributed by atoms with Gasteiger partial charge in [0.1, 0.15) is 5.60 Å². The van der Waals surface area contributed by atoms with Crippen LogP contribution in [0.1, 0.15) is 53.4 Å². The molecule has 26 heavy (non-hydrogen) atoms. The van der Waals surface area contributed by atoms with Crippen molar-refractivity contribution in [3.63, 3.8) is 0 Å². The van der Waals surface area contributed by atoms with E-state index in [1.807, 2.05) is 20.8 Å². The molecule has 4 bridgehead atoms. The third kappa shape index (κ3) is 1.43. The molecule has 0 amide bonds. The second-order valence-corrected chi connectivity index (χ2v) is 10.8. The van der Waals surface area contributed by atoms with Crippen molar-refractivity contribution in [3.05, 3.63) is 0 Å². The molecular weight excluding hydrogens is 336 g/mol. The third-order valence-corrected chi connectivity index (χ3v) is 9.70. The van der Waals surface area contributed by atoms with Crippen LogP contribution >= 0.6 is 0 Å². The van der Waals surface area contributed by atoms with Gasteiger partial charge in [-0.25, -0.2) is 0 Å². The molecule has 6 nitrogen and oxygen atoms in total. The zero-order valence-electron chi connectivity index (χ0n) is 16.0. The van der Waals surface area contributed by atoms with Crippen LogP contribution in [0.3, 0.4) is 0 Å². The number of ether oxygens (including phenoxy) is 1. The minimum Gasteiger partial charge on any atom is -0.392 e. The van der Waals surface area contributed by atoms with Gasteiger partial charge < -0.3 is 30.3 Å². The number of aliphatic hydroxyl groups excluding tert-OH is 4. The SMILES string of the molecule is C[C@@H]1[C@@H]2[C@@H](O)[C@H](O)C(C)(C)[C@]23O[C@]12CC[C@@H]1[C@H](O)[C@@]2(C[C@H]3O)C[C@@]1(C)O. The lowest BCUT2D eigenvalue weighted by Crippen LogP contribution is -2.69. The average Bonchev–Trinajstić information content (AvgIpc) is 2.91. The number of rotatable bonds is 0. The zero-order valence-corrected chi connectivity index (χ0v) is 16.0. The van der Waals surface area contributed by atoms with Gasteiger partial charge in [0.15, 0.2) is 0 Å². The topological polar surface area (TPSA) is 110 Å². The van der Waals surface area contributed by atoms with Gasteiger partial charge in [0.05, 0.1) is 35.6 Å². The highest BCUT2D eigenvalue weighted by atomic mass is 16.6. The molecule has 0 aromatic heterocycles. The van der Waals surface area contributed by atoms with Gasteiger partial charge in [0, 0.05) is 22.7 Å². The molecule has 148 valence electrons. The molecule has 0 aromatic rings. The van der Waals surface area contributed by atoms with Crippen molar-refractivity contribution in [1.82, 2.24) is 0 Å². The van der Waals surface area contributed by atoms with E-state index in [1.165, 1.54) is 0 Å². The van der Waals surface area contributed by atoms with E-state index in [0.29, 0.717) is 25.7 Å². The van der Waals surface area contributed by atoms with Crippen molar-refractivity contribution in [3.8, 4) is 0 Å². The lowest BCUT2D eigenvalue weighted by molar-refractivity contribution is -0.316. The zero-order chi connectivity index (χ0) is 19.1. The van der Waals surface area contributed by atoms with Crippen molar-refractivity contribution in [2.75, 3.05) is 0 Å². The molecule has 2 saturated heterocycles. The maximum Gasteiger partial charge on any atom is 0.108 e. The van der Waals surface area contributed by atoms with E-state index in [4.69, 9.17) is 4.74 Å². The third-order valence-electron chi connectivity index (χ3n) is 9.70. The van der Waals surface area contributed by atoms with Gasteiger partial charge in [-0.15, -0.1) is 0 Å². The lowest BCUT2D eigenvalue weighted by atomic mass is 9.55. The Morgan fingerprint density at radius 2 is 1.65 bits per heavy atom. The van der Waals surface area contributed by atoms with E-state index < -0.39 is 58.0 Å². The van der Waals surface area contributed by atoms with E-state index in [1.54, 1.807) is 6.92 Å². The van der Waals surface area contributed by atoms with E-state index >= 15 is 0 Å². The van der Waals surface area contributed by atoms with Gasteiger partial charge >= 0.3 is 0 Å². The van der Waals surface area contributed by atoms with Gasteiger partial charge in [0.2, 0.25) is 0 Å². The van der Waals surface area contributed by atoms with E-state index in [9.17, 15) is 25.5 Å². The molecule has 2 heterocycles. The summed E-state index contributed by atoms with van der Waals surface area (Å²) in [4.78, 5) is 0. The minimum atomic E-state index is -1.03. The number of hydrogen-bond acceptors (Lipinski definition) is 6. The van der Waals surface area contributed by atoms with Crippen molar-refractivity contribution >= 4 is 0 Å². The number of fused-ring (bicyclic) bond motifs is 1. The molecule has 5 aliphatic rings. The predicted molar refractivity (Wildman–Crippen MR) is 92.0 cm³/mol. The molecule has 5 N–H and O–H groups in total. The van der Waals surface area contributed by atoms with Crippen LogP contribution < -0.4 is 0 Å². The molecule has 11 atom stereocenters. The highest BCUT2D eigenvalue weighted by Gasteiger charge is 2.86. The van der Waals surface area contributed by atoms with Gasteiger partial charge in [-0.1, -0.05) is 20.8 Å². The predicted octanol–water partition coefficient (Wildman–Crippen LogP) is 0.185. The first-order chi connectivity index (χ1) is 11.9. The molecule has 5 fully saturated rings. The summed E-state index contributed by atoms with van der Waals surface area (Å²) in [6.07, 6.45) is -1.47. The highest BCUT2D eigenvalue weighted by Crippen LogP contribution is 2.77. The molecular formula is C20H32O6. The first kappa shape index (κ1) is 17.8. The summed E-state index contributed by atoms with van der Waals surface area (Å²) in [6, 6.07) is 0. The lowest BCUT2D eigenvalue weighted by Gasteiger charge is -2.61. The smallest absolute Gasteiger partial charge is 0.108 e. The van der Waals surface area contributed by atoms with Gasteiger partial charge in [-0.3, -0.25) is 0 Å². The van der Waals surface area contributed by atoms with Crippen LogP contribution in [0.15, 0.2) is 0 Å². The minimum absolute atomic E-state index is 0.129. The number of aliphatic hydroxyl groups is 5. The molecule has 6 heteroatoms. The van der Waals surface area contributed by atoms with E-state index in [0.717, 1.165) is 0 Å². The summed E-state index contributed by atoms with van der Waals surface area (Å²) in [7, 11) is 0. The van der Waals surface area contributed by atoms with Crippen molar-refractivity contribution in [2.24, 2.45) is 28.6 Å². The van der Waals surface area contributed by atoms with Crippen molar-refractivity contribution in [2.45, 2.75) is 94.6 Å². The van der Waals surface area contributed by atoms with E-state index in [-0.39, 0.29) is 11.8 Å². The van der Waals surface area contributed by atoms with Gasteiger partial charge in [-0.2, -0.15) is 0 Å². The normalized spacial score (nSPS) is 68.0. The van der Waals surface area contributed by atoms with Gasteiger partial charge in [0.25, 0.3) is 0 Å². The molecule has 0 aromatic carbocycles. The summed E-state index contributed by atoms with van der Waals surface area (Å²) in [5, 5.41) is 55.2. The first-order valence-electron chi connectivity index (χ1n) is 10.0. The Bertz CT molecular complexity index is 663. The fourth-order valence-corrected chi connectivity index (χ4v) is 8.59. The molecule has 0 unspecified atom stereocenters. The first-order valence-corrected chi connectivity index (χ1v) is 10.0. The molecule has 3 spiro atoms. The summed E-state index contributed by atoms with van der Waals surface area (Å²) in [5.74, 6) is -0.735. The van der Waals surface area contributed by atoms with Crippen molar-refractivity contribution in [1.29, 1.82) is 0 Å². The fraction of sp³-hybridized carbons (Fsp3) is 1.00. The summed E-state index contributed by atoms with van der Waals surface area (Å²) >= 11 is 0. The maximum atomic E-state index is 11.3. The Kier molecular flexibility index (Phi) is 3.08. The Labute approximate surface area is 154 Å².